The highest BCUT2D eigenvalue weighted by Crippen LogP contribution is 2.31. The first-order valence-corrected chi connectivity index (χ1v) is 6.67. The van der Waals surface area contributed by atoms with Gasteiger partial charge in [-0.05, 0) is 39.1 Å². The second kappa shape index (κ2) is 8.02. The standard InChI is InChI=1S/C15H26N2O2/c1-12-14(18-4)7-6-13(15(12)19-5)8-10-17(3)11-9-16-2/h6-7,16H,8-11H2,1-5H3. The first kappa shape index (κ1) is 15.8. The number of rotatable bonds is 8. The molecule has 0 amide bonds. The molecule has 0 atom stereocenters. The van der Waals surface area contributed by atoms with Crippen molar-refractivity contribution in [2.75, 3.05) is 47.9 Å². The van der Waals surface area contributed by atoms with E-state index in [0.717, 1.165) is 43.1 Å². The molecule has 0 spiro atoms. The Morgan fingerprint density at radius 1 is 1.16 bits per heavy atom. The van der Waals surface area contributed by atoms with Gasteiger partial charge in [-0.2, -0.15) is 0 Å². The lowest BCUT2D eigenvalue weighted by Crippen LogP contribution is -2.29. The molecular weight excluding hydrogens is 240 g/mol. The molecule has 1 aromatic carbocycles. The van der Waals surface area contributed by atoms with Gasteiger partial charge >= 0.3 is 0 Å². The quantitative estimate of drug-likeness (QED) is 0.776. The average molecular weight is 266 g/mol. The van der Waals surface area contributed by atoms with Gasteiger partial charge in [0.1, 0.15) is 11.5 Å². The second-order valence-corrected chi connectivity index (χ2v) is 4.74. The molecule has 108 valence electrons. The van der Waals surface area contributed by atoms with Crippen molar-refractivity contribution in [3.05, 3.63) is 23.3 Å². The predicted octanol–water partition coefficient (Wildman–Crippen LogP) is 1.71. The molecule has 1 rings (SSSR count). The van der Waals surface area contributed by atoms with Crippen molar-refractivity contribution in [1.82, 2.24) is 10.2 Å². The maximum Gasteiger partial charge on any atom is 0.128 e. The van der Waals surface area contributed by atoms with E-state index in [2.05, 4.69) is 23.3 Å². The number of nitrogens with zero attached hydrogens (tertiary/aromatic N) is 1. The van der Waals surface area contributed by atoms with Crippen molar-refractivity contribution in [2.45, 2.75) is 13.3 Å². The Morgan fingerprint density at radius 2 is 1.89 bits per heavy atom. The van der Waals surface area contributed by atoms with Crippen LogP contribution in [-0.4, -0.2) is 52.8 Å². The maximum absolute atomic E-state index is 5.52. The van der Waals surface area contributed by atoms with E-state index in [9.17, 15) is 0 Å². The minimum atomic E-state index is 0.879. The summed E-state index contributed by atoms with van der Waals surface area (Å²) in [5.74, 6) is 1.82. The second-order valence-electron chi connectivity index (χ2n) is 4.74. The molecule has 0 bridgehead atoms. The lowest BCUT2D eigenvalue weighted by Gasteiger charge is -2.18. The van der Waals surface area contributed by atoms with Crippen LogP contribution in [0, 0.1) is 6.92 Å². The maximum atomic E-state index is 5.52. The summed E-state index contributed by atoms with van der Waals surface area (Å²) in [5.41, 5.74) is 2.30. The topological polar surface area (TPSA) is 33.7 Å². The number of benzene rings is 1. The predicted molar refractivity (Wildman–Crippen MR) is 79.4 cm³/mol. The highest BCUT2D eigenvalue weighted by Gasteiger charge is 2.11. The normalized spacial score (nSPS) is 10.8. The van der Waals surface area contributed by atoms with E-state index in [1.165, 1.54) is 5.56 Å². The van der Waals surface area contributed by atoms with Crippen molar-refractivity contribution in [2.24, 2.45) is 0 Å². The third-order valence-electron chi connectivity index (χ3n) is 3.37. The monoisotopic (exact) mass is 266 g/mol. The molecule has 4 nitrogen and oxygen atoms in total. The Kier molecular flexibility index (Phi) is 6.67. The fourth-order valence-corrected chi connectivity index (χ4v) is 2.16. The Hall–Kier alpha value is -1.26. The molecule has 0 aliphatic carbocycles. The summed E-state index contributed by atoms with van der Waals surface area (Å²) < 4.78 is 10.8. The molecule has 4 heteroatoms. The van der Waals surface area contributed by atoms with Gasteiger partial charge in [0.2, 0.25) is 0 Å². The van der Waals surface area contributed by atoms with Crippen LogP contribution >= 0.6 is 0 Å². The van der Waals surface area contributed by atoms with Crippen molar-refractivity contribution >= 4 is 0 Å². The number of hydrogen-bond donors (Lipinski definition) is 1. The van der Waals surface area contributed by atoms with Gasteiger partial charge in [-0.1, -0.05) is 6.07 Å². The van der Waals surface area contributed by atoms with Crippen LogP contribution < -0.4 is 14.8 Å². The fraction of sp³-hybridized carbons (Fsp3) is 0.600. The largest absolute Gasteiger partial charge is 0.496 e. The number of ether oxygens (including phenoxy) is 2. The molecule has 0 fully saturated rings. The third-order valence-corrected chi connectivity index (χ3v) is 3.37. The van der Waals surface area contributed by atoms with Crippen molar-refractivity contribution < 1.29 is 9.47 Å². The van der Waals surface area contributed by atoms with Gasteiger partial charge in [-0.15, -0.1) is 0 Å². The van der Waals surface area contributed by atoms with Crippen LogP contribution in [0.1, 0.15) is 11.1 Å². The summed E-state index contributed by atoms with van der Waals surface area (Å²) in [5, 5.41) is 3.16. The van der Waals surface area contributed by atoms with E-state index in [1.54, 1.807) is 14.2 Å². The van der Waals surface area contributed by atoms with Crippen LogP contribution in [0.3, 0.4) is 0 Å². The lowest BCUT2D eigenvalue weighted by molar-refractivity contribution is 0.335. The number of nitrogens with one attached hydrogen (secondary N) is 1. The van der Waals surface area contributed by atoms with Crippen molar-refractivity contribution in [3.8, 4) is 11.5 Å². The zero-order valence-corrected chi connectivity index (χ0v) is 12.7. The zero-order valence-electron chi connectivity index (χ0n) is 12.7. The summed E-state index contributed by atoms with van der Waals surface area (Å²) in [7, 11) is 7.52. The van der Waals surface area contributed by atoms with Gasteiger partial charge in [0, 0.05) is 25.2 Å². The first-order valence-electron chi connectivity index (χ1n) is 6.67. The van der Waals surface area contributed by atoms with Crippen LogP contribution in [0.4, 0.5) is 0 Å². The molecule has 1 aromatic rings. The summed E-state index contributed by atoms with van der Waals surface area (Å²) in [4.78, 5) is 2.31. The molecule has 1 N–H and O–H groups in total. The van der Waals surface area contributed by atoms with Crippen LogP contribution in [0.5, 0.6) is 11.5 Å². The van der Waals surface area contributed by atoms with Gasteiger partial charge in [-0.25, -0.2) is 0 Å². The van der Waals surface area contributed by atoms with E-state index in [1.807, 2.05) is 20.0 Å². The van der Waals surface area contributed by atoms with E-state index in [4.69, 9.17) is 9.47 Å². The summed E-state index contributed by atoms with van der Waals surface area (Å²) in [6, 6.07) is 4.11. The van der Waals surface area contributed by atoms with Gasteiger partial charge < -0.3 is 19.7 Å². The molecule has 0 radical (unpaired) electrons. The Morgan fingerprint density at radius 3 is 2.47 bits per heavy atom. The smallest absolute Gasteiger partial charge is 0.128 e. The molecular formula is C15H26N2O2. The number of likely N-dealkylation sites (N-methyl/N-ethyl adjacent to an activating group) is 2. The van der Waals surface area contributed by atoms with Crippen LogP contribution in [-0.2, 0) is 6.42 Å². The van der Waals surface area contributed by atoms with E-state index in [0.29, 0.717) is 0 Å². The average Bonchev–Trinajstić information content (AvgIpc) is 2.42. The van der Waals surface area contributed by atoms with Crippen LogP contribution in [0.15, 0.2) is 12.1 Å². The van der Waals surface area contributed by atoms with E-state index >= 15 is 0 Å². The summed E-state index contributed by atoms with van der Waals surface area (Å²) in [6.45, 7) is 5.11. The summed E-state index contributed by atoms with van der Waals surface area (Å²) in [6.07, 6.45) is 0.980. The first-order chi connectivity index (χ1) is 9.13. The SMILES string of the molecule is CNCCN(C)CCc1ccc(OC)c(C)c1OC. The minimum Gasteiger partial charge on any atom is -0.496 e. The van der Waals surface area contributed by atoms with E-state index in [-0.39, 0.29) is 0 Å². The Bertz CT molecular complexity index is 394. The highest BCUT2D eigenvalue weighted by atomic mass is 16.5. The van der Waals surface area contributed by atoms with Gasteiger partial charge in [0.15, 0.2) is 0 Å². The molecule has 0 saturated heterocycles. The molecule has 0 heterocycles. The minimum absolute atomic E-state index is 0.879. The molecule has 0 aromatic heterocycles. The summed E-state index contributed by atoms with van der Waals surface area (Å²) >= 11 is 0. The van der Waals surface area contributed by atoms with Crippen LogP contribution in [0.25, 0.3) is 0 Å². The number of hydrogen-bond acceptors (Lipinski definition) is 4. The Labute approximate surface area is 116 Å². The lowest BCUT2D eigenvalue weighted by atomic mass is 10.1. The number of methoxy groups -OCH3 is 2. The highest BCUT2D eigenvalue weighted by molar-refractivity contribution is 5.49. The molecule has 0 aliphatic heterocycles. The van der Waals surface area contributed by atoms with Crippen molar-refractivity contribution in [3.63, 3.8) is 0 Å². The fourth-order valence-electron chi connectivity index (χ4n) is 2.16. The molecule has 0 aliphatic rings. The van der Waals surface area contributed by atoms with Gasteiger partial charge in [-0.3, -0.25) is 0 Å². The molecule has 0 unspecified atom stereocenters. The zero-order chi connectivity index (χ0) is 14.3. The van der Waals surface area contributed by atoms with Crippen LogP contribution in [0.2, 0.25) is 0 Å². The molecule has 19 heavy (non-hydrogen) atoms. The van der Waals surface area contributed by atoms with E-state index < -0.39 is 0 Å². The molecule has 0 saturated carbocycles. The van der Waals surface area contributed by atoms with Gasteiger partial charge in [0.05, 0.1) is 14.2 Å². The Balaban J connectivity index is 2.70. The third kappa shape index (κ3) is 4.40. The van der Waals surface area contributed by atoms with Gasteiger partial charge in [0.25, 0.3) is 0 Å². The van der Waals surface area contributed by atoms with Crippen molar-refractivity contribution in [1.29, 1.82) is 0 Å².